The highest BCUT2D eigenvalue weighted by molar-refractivity contribution is 6.33. The van der Waals surface area contributed by atoms with Gasteiger partial charge >= 0.3 is 6.18 Å². The average Bonchev–Trinajstić information content (AvgIpc) is 2.64. The first-order valence-electron chi connectivity index (χ1n) is 8.23. The number of benzene rings is 1. The number of halogens is 4. The molecule has 1 fully saturated rings. The number of rotatable bonds is 4. The Hall–Kier alpha value is -2.39. The Labute approximate surface area is 159 Å². The zero-order valence-electron chi connectivity index (χ0n) is 14.2. The predicted molar refractivity (Wildman–Crippen MR) is 95.8 cm³/mol. The number of anilines is 2. The van der Waals surface area contributed by atoms with Gasteiger partial charge in [0.1, 0.15) is 5.82 Å². The van der Waals surface area contributed by atoms with Crippen LogP contribution in [0, 0.1) is 0 Å². The van der Waals surface area contributed by atoms with Gasteiger partial charge in [-0.1, -0.05) is 11.6 Å². The lowest BCUT2D eigenvalue weighted by atomic mass is 10.2. The molecule has 1 aromatic carbocycles. The van der Waals surface area contributed by atoms with Crippen LogP contribution >= 0.6 is 11.6 Å². The van der Waals surface area contributed by atoms with E-state index in [1.807, 2.05) is 4.90 Å². The normalized spacial score (nSPS) is 15.6. The Morgan fingerprint density at radius 2 is 1.93 bits per heavy atom. The molecule has 1 aliphatic rings. The molecule has 10 heteroatoms. The maximum absolute atomic E-state index is 12.8. The molecular formula is C17H17ClF3N5O. The van der Waals surface area contributed by atoms with Crippen LogP contribution < -0.4 is 10.2 Å². The molecule has 0 aliphatic carbocycles. The number of amides is 1. The Bertz CT molecular complexity index is 795. The maximum atomic E-state index is 12.8. The average molecular weight is 400 g/mol. The summed E-state index contributed by atoms with van der Waals surface area (Å²) < 4.78 is 38.4. The molecule has 0 unspecified atom stereocenters. The molecule has 1 saturated heterocycles. The van der Waals surface area contributed by atoms with Gasteiger partial charge in [-0.25, -0.2) is 4.98 Å². The van der Waals surface area contributed by atoms with Gasteiger partial charge in [0.25, 0.3) is 0 Å². The molecule has 0 bridgehead atoms. The van der Waals surface area contributed by atoms with Gasteiger partial charge in [-0.15, -0.1) is 0 Å². The van der Waals surface area contributed by atoms with Crippen molar-refractivity contribution < 1.29 is 18.0 Å². The van der Waals surface area contributed by atoms with Crippen LogP contribution in [0.3, 0.4) is 0 Å². The zero-order valence-corrected chi connectivity index (χ0v) is 15.0. The summed E-state index contributed by atoms with van der Waals surface area (Å²) in [5.41, 5.74) is -0.908. The van der Waals surface area contributed by atoms with Gasteiger partial charge in [-0.2, -0.15) is 13.2 Å². The quantitative estimate of drug-likeness (QED) is 0.856. The van der Waals surface area contributed by atoms with Crippen molar-refractivity contribution in [1.82, 2.24) is 14.9 Å². The molecule has 3 rings (SSSR count). The van der Waals surface area contributed by atoms with Crippen molar-refractivity contribution in [2.45, 2.75) is 6.18 Å². The van der Waals surface area contributed by atoms with Crippen LogP contribution in [0.15, 0.2) is 36.8 Å². The van der Waals surface area contributed by atoms with Crippen LogP contribution in [0.5, 0.6) is 0 Å². The predicted octanol–water partition coefficient (Wildman–Crippen LogP) is 2.91. The van der Waals surface area contributed by atoms with Gasteiger partial charge in [0, 0.05) is 38.6 Å². The van der Waals surface area contributed by atoms with E-state index in [0.29, 0.717) is 26.2 Å². The minimum absolute atomic E-state index is 0.0466. The van der Waals surface area contributed by atoms with Gasteiger partial charge in [-0.3, -0.25) is 14.7 Å². The summed E-state index contributed by atoms with van der Waals surface area (Å²) in [7, 11) is 0. The van der Waals surface area contributed by atoms with E-state index in [1.54, 1.807) is 18.6 Å². The third kappa shape index (κ3) is 5.08. The molecule has 2 aromatic rings. The number of nitrogens with zero attached hydrogens (tertiary/aromatic N) is 4. The monoisotopic (exact) mass is 399 g/mol. The lowest BCUT2D eigenvalue weighted by Crippen LogP contribution is -2.49. The smallest absolute Gasteiger partial charge is 0.353 e. The topological polar surface area (TPSA) is 61.4 Å². The minimum Gasteiger partial charge on any atom is -0.353 e. The van der Waals surface area contributed by atoms with Crippen LogP contribution in [0.1, 0.15) is 5.56 Å². The van der Waals surface area contributed by atoms with E-state index >= 15 is 0 Å². The van der Waals surface area contributed by atoms with Crippen molar-refractivity contribution in [1.29, 1.82) is 0 Å². The molecule has 6 nitrogen and oxygen atoms in total. The highest BCUT2D eigenvalue weighted by atomic mass is 35.5. The summed E-state index contributed by atoms with van der Waals surface area (Å²) in [6.45, 7) is 2.67. The first-order valence-corrected chi connectivity index (χ1v) is 8.60. The van der Waals surface area contributed by atoms with E-state index < -0.39 is 17.6 Å². The molecule has 1 aliphatic heterocycles. The van der Waals surface area contributed by atoms with Gasteiger partial charge in [-0.05, 0) is 18.2 Å². The second-order valence-electron chi connectivity index (χ2n) is 6.07. The van der Waals surface area contributed by atoms with E-state index in [0.717, 1.165) is 24.0 Å². The van der Waals surface area contributed by atoms with E-state index in [-0.39, 0.29) is 17.3 Å². The first-order chi connectivity index (χ1) is 12.8. The van der Waals surface area contributed by atoms with Crippen LogP contribution in [0.25, 0.3) is 0 Å². The summed E-state index contributed by atoms with van der Waals surface area (Å²) in [6.07, 6.45) is 0.399. The highest BCUT2D eigenvalue weighted by Crippen LogP contribution is 2.33. The van der Waals surface area contributed by atoms with E-state index in [1.165, 1.54) is 0 Å². The maximum Gasteiger partial charge on any atom is 0.416 e. The molecule has 0 saturated carbocycles. The number of nitrogens with one attached hydrogen (secondary N) is 1. The van der Waals surface area contributed by atoms with Crippen LogP contribution in [0.2, 0.25) is 5.02 Å². The minimum atomic E-state index is -4.50. The van der Waals surface area contributed by atoms with Crippen molar-refractivity contribution in [3.05, 3.63) is 47.4 Å². The van der Waals surface area contributed by atoms with Crippen molar-refractivity contribution in [2.75, 3.05) is 42.9 Å². The second-order valence-corrected chi connectivity index (χ2v) is 6.47. The molecule has 27 heavy (non-hydrogen) atoms. The number of aromatic nitrogens is 2. The molecule has 0 spiro atoms. The lowest BCUT2D eigenvalue weighted by molar-refractivity contribution is -0.137. The number of alkyl halides is 3. The molecule has 2 heterocycles. The lowest BCUT2D eigenvalue weighted by Gasteiger charge is -2.34. The van der Waals surface area contributed by atoms with Gasteiger partial charge in [0.15, 0.2) is 0 Å². The van der Waals surface area contributed by atoms with Crippen LogP contribution in [-0.4, -0.2) is 53.5 Å². The summed E-state index contributed by atoms with van der Waals surface area (Å²) >= 11 is 5.90. The third-order valence-corrected chi connectivity index (χ3v) is 4.51. The largest absolute Gasteiger partial charge is 0.416 e. The number of piperazine rings is 1. The fraction of sp³-hybridized carbons (Fsp3) is 0.353. The highest BCUT2D eigenvalue weighted by Gasteiger charge is 2.31. The van der Waals surface area contributed by atoms with Crippen LogP contribution in [0.4, 0.5) is 24.7 Å². The Morgan fingerprint density at radius 3 is 2.56 bits per heavy atom. The van der Waals surface area contributed by atoms with Crippen LogP contribution in [-0.2, 0) is 11.0 Å². The molecule has 1 amide bonds. The van der Waals surface area contributed by atoms with Crippen molar-refractivity contribution in [3.63, 3.8) is 0 Å². The Morgan fingerprint density at radius 1 is 1.19 bits per heavy atom. The Balaban J connectivity index is 1.55. The van der Waals surface area contributed by atoms with Gasteiger partial charge < -0.3 is 10.2 Å². The van der Waals surface area contributed by atoms with Gasteiger partial charge in [0.2, 0.25) is 5.91 Å². The van der Waals surface area contributed by atoms with Crippen molar-refractivity contribution >= 4 is 29.0 Å². The van der Waals surface area contributed by atoms with E-state index in [9.17, 15) is 18.0 Å². The Kier molecular flexibility index (Phi) is 5.81. The van der Waals surface area contributed by atoms with Crippen molar-refractivity contribution in [2.24, 2.45) is 0 Å². The molecule has 1 aromatic heterocycles. The fourth-order valence-electron chi connectivity index (χ4n) is 2.78. The zero-order chi connectivity index (χ0) is 19.4. The number of hydrogen-bond acceptors (Lipinski definition) is 5. The molecule has 0 radical (unpaired) electrons. The number of carbonyl (C=O) groups is 1. The van der Waals surface area contributed by atoms with Gasteiger partial charge in [0.05, 0.1) is 29.0 Å². The standard InChI is InChI=1S/C17H17ClF3N5O/c18-13-2-1-12(17(19,20)21)9-14(13)24-16(27)11-25-5-7-26(8-6-25)15-10-22-3-4-23-15/h1-4,9-10H,5-8,11H2,(H,24,27). The summed E-state index contributed by atoms with van der Waals surface area (Å²) in [5.74, 6) is 0.363. The summed E-state index contributed by atoms with van der Waals surface area (Å²) in [5, 5.41) is 2.52. The number of hydrogen-bond donors (Lipinski definition) is 1. The van der Waals surface area contributed by atoms with E-state index in [2.05, 4.69) is 20.2 Å². The third-order valence-electron chi connectivity index (χ3n) is 4.18. The molecule has 0 atom stereocenters. The first kappa shape index (κ1) is 19.4. The fourth-order valence-corrected chi connectivity index (χ4v) is 2.94. The second kappa shape index (κ2) is 8.10. The molecular weight excluding hydrogens is 383 g/mol. The van der Waals surface area contributed by atoms with E-state index in [4.69, 9.17) is 11.6 Å². The SMILES string of the molecule is O=C(CN1CCN(c2cnccn2)CC1)Nc1cc(C(F)(F)F)ccc1Cl. The summed E-state index contributed by atoms with van der Waals surface area (Å²) in [4.78, 5) is 24.5. The molecule has 144 valence electrons. The summed E-state index contributed by atoms with van der Waals surface area (Å²) in [6, 6.07) is 2.84. The van der Waals surface area contributed by atoms with Crippen molar-refractivity contribution in [3.8, 4) is 0 Å². The number of carbonyl (C=O) groups excluding carboxylic acids is 1. The molecule has 1 N–H and O–H groups in total.